The Morgan fingerprint density at radius 3 is 2.42 bits per heavy atom. The molecule has 1 aliphatic heterocycles. The van der Waals surface area contributed by atoms with Crippen LogP contribution in [0.4, 0.5) is 0 Å². The second-order valence-corrected chi connectivity index (χ2v) is 6.74. The molecule has 0 aliphatic carbocycles. The summed E-state index contributed by atoms with van der Waals surface area (Å²) in [5.74, 6) is 2.08. The van der Waals surface area contributed by atoms with E-state index in [1.54, 1.807) is 0 Å². The zero-order chi connectivity index (χ0) is 9.41. The van der Waals surface area contributed by atoms with Gasteiger partial charge < -0.3 is 5.73 Å². The molecule has 1 aliphatic rings. The van der Waals surface area contributed by atoms with E-state index in [1.807, 2.05) is 0 Å². The van der Waals surface area contributed by atoms with Gasteiger partial charge in [-0.2, -0.15) is 11.8 Å². The Morgan fingerprint density at radius 1 is 1.50 bits per heavy atom. The van der Waals surface area contributed by atoms with Gasteiger partial charge in [0.2, 0.25) is 0 Å². The summed E-state index contributed by atoms with van der Waals surface area (Å²) in [5.41, 5.74) is 6.11. The zero-order valence-corrected chi connectivity index (χ0v) is 9.50. The highest BCUT2D eigenvalue weighted by Crippen LogP contribution is 2.50. The maximum atomic E-state index is 5.80. The molecule has 12 heavy (non-hydrogen) atoms. The Balaban J connectivity index is 2.74. The fourth-order valence-electron chi connectivity index (χ4n) is 2.36. The van der Waals surface area contributed by atoms with Gasteiger partial charge in [-0.25, -0.2) is 0 Å². The molecule has 0 spiro atoms. The van der Waals surface area contributed by atoms with Crippen molar-refractivity contribution in [2.45, 2.75) is 38.9 Å². The van der Waals surface area contributed by atoms with Crippen molar-refractivity contribution < 1.29 is 0 Å². The van der Waals surface area contributed by atoms with Gasteiger partial charge in [0, 0.05) is 4.75 Å². The largest absolute Gasteiger partial charge is 0.330 e. The minimum absolute atomic E-state index is 0.312. The van der Waals surface area contributed by atoms with Crippen molar-refractivity contribution >= 4 is 11.8 Å². The molecule has 1 rings (SSSR count). The van der Waals surface area contributed by atoms with Gasteiger partial charge in [-0.3, -0.25) is 0 Å². The van der Waals surface area contributed by atoms with Crippen molar-refractivity contribution in [2.75, 3.05) is 12.3 Å². The first kappa shape index (κ1) is 10.4. The molecular weight excluding hydrogens is 166 g/mol. The number of rotatable bonds is 2. The van der Waals surface area contributed by atoms with Crippen LogP contribution in [-0.2, 0) is 0 Å². The highest BCUT2D eigenvalue weighted by atomic mass is 32.2. The molecule has 2 heteroatoms. The third kappa shape index (κ3) is 1.80. The van der Waals surface area contributed by atoms with E-state index < -0.39 is 0 Å². The Labute approximate surface area is 80.5 Å². The maximum Gasteiger partial charge on any atom is 0.0137 e. The zero-order valence-electron chi connectivity index (χ0n) is 8.68. The smallest absolute Gasteiger partial charge is 0.0137 e. The molecular formula is C10H21NS. The SMILES string of the molecule is CC(C)(CN)C1CCSC1(C)C. The normalized spacial score (nSPS) is 29.2. The van der Waals surface area contributed by atoms with E-state index in [1.165, 1.54) is 12.2 Å². The van der Waals surface area contributed by atoms with Gasteiger partial charge in [-0.05, 0) is 30.1 Å². The van der Waals surface area contributed by atoms with Crippen LogP contribution in [0.2, 0.25) is 0 Å². The molecule has 0 aromatic rings. The van der Waals surface area contributed by atoms with E-state index >= 15 is 0 Å². The molecule has 1 fully saturated rings. The van der Waals surface area contributed by atoms with Gasteiger partial charge in [-0.15, -0.1) is 0 Å². The maximum absolute atomic E-state index is 5.80. The Kier molecular flexibility index (Phi) is 2.79. The van der Waals surface area contributed by atoms with Crippen LogP contribution in [0.1, 0.15) is 34.1 Å². The first-order chi connectivity index (χ1) is 5.40. The van der Waals surface area contributed by atoms with Gasteiger partial charge in [-0.1, -0.05) is 27.7 Å². The van der Waals surface area contributed by atoms with E-state index in [9.17, 15) is 0 Å². The summed E-state index contributed by atoms with van der Waals surface area (Å²) in [5, 5.41) is 0. The fraction of sp³-hybridized carbons (Fsp3) is 1.00. The lowest BCUT2D eigenvalue weighted by Crippen LogP contribution is -2.40. The fourth-order valence-corrected chi connectivity index (χ4v) is 3.88. The highest BCUT2D eigenvalue weighted by Gasteiger charge is 2.43. The molecule has 0 aromatic heterocycles. The average molecular weight is 187 g/mol. The lowest BCUT2D eigenvalue weighted by molar-refractivity contribution is 0.188. The number of hydrogen-bond donors (Lipinski definition) is 1. The molecule has 0 radical (unpaired) electrons. The predicted octanol–water partition coefficient (Wildman–Crippen LogP) is 2.50. The summed E-state index contributed by atoms with van der Waals surface area (Å²) in [6, 6.07) is 0. The van der Waals surface area contributed by atoms with Crippen LogP contribution < -0.4 is 5.73 Å². The van der Waals surface area contributed by atoms with Crippen LogP contribution in [0.25, 0.3) is 0 Å². The summed E-state index contributed by atoms with van der Waals surface area (Å²) >= 11 is 2.09. The molecule has 72 valence electrons. The topological polar surface area (TPSA) is 26.0 Å². The van der Waals surface area contributed by atoms with Crippen LogP contribution in [0.5, 0.6) is 0 Å². The van der Waals surface area contributed by atoms with Gasteiger partial charge >= 0.3 is 0 Å². The van der Waals surface area contributed by atoms with Crippen LogP contribution in [-0.4, -0.2) is 17.0 Å². The Hall–Kier alpha value is 0.310. The summed E-state index contributed by atoms with van der Waals surface area (Å²) in [6.45, 7) is 10.1. The van der Waals surface area contributed by atoms with Crippen molar-refractivity contribution in [2.24, 2.45) is 17.1 Å². The first-order valence-corrected chi connectivity index (χ1v) is 5.73. The van der Waals surface area contributed by atoms with Crippen molar-refractivity contribution in [3.05, 3.63) is 0 Å². The van der Waals surface area contributed by atoms with E-state index in [0.717, 1.165) is 12.5 Å². The average Bonchev–Trinajstić information content (AvgIpc) is 2.30. The molecule has 1 atom stereocenters. The summed E-state index contributed by atoms with van der Waals surface area (Å²) in [6.07, 6.45) is 1.34. The highest BCUT2D eigenvalue weighted by molar-refractivity contribution is 8.00. The summed E-state index contributed by atoms with van der Waals surface area (Å²) in [7, 11) is 0. The standard InChI is InChI=1S/C10H21NS/c1-9(2,7-11)8-5-6-12-10(8,3)4/h8H,5-7,11H2,1-4H3. The number of hydrogen-bond acceptors (Lipinski definition) is 2. The Bertz CT molecular complexity index is 163. The van der Waals surface area contributed by atoms with Crippen molar-refractivity contribution in [3.63, 3.8) is 0 Å². The second kappa shape index (κ2) is 3.22. The van der Waals surface area contributed by atoms with E-state index in [-0.39, 0.29) is 0 Å². The predicted molar refractivity (Wildman–Crippen MR) is 57.5 cm³/mol. The Morgan fingerprint density at radius 2 is 2.08 bits per heavy atom. The molecule has 0 aromatic carbocycles. The molecule has 1 heterocycles. The van der Waals surface area contributed by atoms with E-state index in [4.69, 9.17) is 5.73 Å². The second-order valence-electron chi connectivity index (χ2n) is 4.99. The lowest BCUT2D eigenvalue weighted by Gasteiger charge is -2.38. The summed E-state index contributed by atoms with van der Waals surface area (Å²) in [4.78, 5) is 0. The monoisotopic (exact) mass is 187 g/mol. The molecule has 1 unspecified atom stereocenters. The number of thioether (sulfide) groups is 1. The van der Waals surface area contributed by atoms with Gasteiger partial charge in [0.25, 0.3) is 0 Å². The van der Waals surface area contributed by atoms with E-state index in [2.05, 4.69) is 39.5 Å². The van der Waals surface area contributed by atoms with Crippen LogP contribution in [0.15, 0.2) is 0 Å². The van der Waals surface area contributed by atoms with E-state index in [0.29, 0.717) is 10.2 Å². The van der Waals surface area contributed by atoms with Crippen molar-refractivity contribution in [1.29, 1.82) is 0 Å². The van der Waals surface area contributed by atoms with Crippen LogP contribution in [0.3, 0.4) is 0 Å². The van der Waals surface area contributed by atoms with Gasteiger partial charge in [0.15, 0.2) is 0 Å². The van der Waals surface area contributed by atoms with Crippen LogP contribution >= 0.6 is 11.8 Å². The molecule has 2 N–H and O–H groups in total. The van der Waals surface area contributed by atoms with Crippen molar-refractivity contribution in [1.82, 2.24) is 0 Å². The number of nitrogens with two attached hydrogens (primary N) is 1. The quantitative estimate of drug-likeness (QED) is 0.719. The van der Waals surface area contributed by atoms with Gasteiger partial charge in [0.05, 0.1) is 0 Å². The first-order valence-electron chi connectivity index (χ1n) is 4.74. The van der Waals surface area contributed by atoms with Crippen LogP contribution in [0, 0.1) is 11.3 Å². The molecule has 0 saturated carbocycles. The minimum atomic E-state index is 0.312. The third-order valence-corrected chi connectivity index (χ3v) is 4.66. The minimum Gasteiger partial charge on any atom is -0.330 e. The lowest BCUT2D eigenvalue weighted by atomic mass is 9.71. The van der Waals surface area contributed by atoms with Crippen molar-refractivity contribution in [3.8, 4) is 0 Å². The molecule has 1 saturated heterocycles. The third-order valence-electron chi connectivity index (χ3n) is 3.19. The molecule has 0 bridgehead atoms. The molecule has 1 nitrogen and oxygen atoms in total. The summed E-state index contributed by atoms with van der Waals surface area (Å²) < 4.78 is 0.433. The molecule has 0 amide bonds. The van der Waals surface area contributed by atoms with Gasteiger partial charge in [0.1, 0.15) is 0 Å².